The number of ketones is 1. The molecule has 8 heteroatoms. The average molecular weight is 485 g/mol. The van der Waals surface area contributed by atoms with Gasteiger partial charge in [0.1, 0.15) is 12.4 Å². The van der Waals surface area contributed by atoms with Gasteiger partial charge in [0.15, 0.2) is 11.5 Å². The number of amides is 1. The number of halogens is 1. The molecule has 1 amide bonds. The van der Waals surface area contributed by atoms with E-state index in [2.05, 4.69) is 6.58 Å². The molecule has 0 aromatic heterocycles. The van der Waals surface area contributed by atoms with Crippen molar-refractivity contribution in [3.05, 3.63) is 76.8 Å². The molecule has 1 unspecified atom stereocenters. The Labute approximate surface area is 204 Å². The molecule has 1 atom stereocenters. The van der Waals surface area contributed by atoms with Crippen molar-refractivity contribution < 1.29 is 24.2 Å². The molecule has 0 radical (unpaired) electrons. The fourth-order valence-electron chi connectivity index (χ4n) is 3.90. The quantitative estimate of drug-likeness (QED) is 0.234. The first-order valence-electron chi connectivity index (χ1n) is 10.9. The minimum atomic E-state index is -0.778. The normalized spacial score (nSPS) is 17.3. The molecule has 0 spiro atoms. The van der Waals surface area contributed by atoms with Crippen molar-refractivity contribution in [2.75, 3.05) is 40.9 Å². The molecule has 3 rings (SSSR count). The molecule has 1 saturated heterocycles. The molecule has 2 aromatic rings. The summed E-state index contributed by atoms with van der Waals surface area (Å²) >= 11 is 5.98. The van der Waals surface area contributed by atoms with Gasteiger partial charge in [-0.2, -0.15) is 0 Å². The lowest BCUT2D eigenvalue weighted by Crippen LogP contribution is -2.32. The maximum Gasteiger partial charge on any atom is 0.295 e. The van der Waals surface area contributed by atoms with Crippen LogP contribution in [-0.2, 0) is 9.59 Å². The largest absolute Gasteiger partial charge is 0.507 e. The van der Waals surface area contributed by atoms with Gasteiger partial charge in [0.05, 0.1) is 18.7 Å². The van der Waals surface area contributed by atoms with Crippen molar-refractivity contribution in [1.29, 1.82) is 0 Å². The number of aliphatic hydroxyl groups is 1. The summed E-state index contributed by atoms with van der Waals surface area (Å²) in [5, 5.41) is 11.6. The lowest BCUT2D eigenvalue weighted by Gasteiger charge is -2.26. The number of aliphatic hydroxyl groups excluding tert-OH is 1. The van der Waals surface area contributed by atoms with Gasteiger partial charge in [0.25, 0.3) is 11.7 Å². The average Bonchev–Trinajstić information content (AvgIpc) is 3.07. The molecule has 34 heavy (non-hydrogen) atoms. The van der Waals surface area contributed by atoms with Gasteiger partial charge in [0, 0.05) is 17.1 Å². The molecular weight excluding hydrogens is 456 g/mol. The highest BCUT2D eigenvalue weighted by Gasteiger charge is 2.46. The second-order valence-electron chi connectivity index (χ2n) is 8.17. The molecule has 180 valence electrons. The topological polar surface area (TPSA) is 79.3 Å². The predicted octanol–water partition coefficient (Wildman–Crippen LogP) is 4.29. The van der Waals surface area contributed by atoms with Crippen LogP contribution < -0.4 is 9.47 Å². The number of hydrogen-bond acceptors (Lipinski definition) is 6. The van der Waals surface area contributed by atoms with Crippen molar-refractivity contribution in [3.63, 3.8) is 0 Å². The third-order valence-corrected chi connectivity index (χ3v) is 5.77. The van der Waals surface area contributed by atoms with Crippen LogP contribution in [0.15, 0.2) is 60.7 Å². The van der Waals surface area contributed by atoms with Crippen LogP contribution in [0.5, 0.6) is 11.5 Å². The number of carbonyl (C=O) groups is 2. The smallest absolute Gasteiger partial charge is 0.295 e. The lowest BCUT2D eigenvalue weighted by atomic mass is 9.95. The minimum absolute atomic E-state index is 0.0268. The minimum Gasteiger partial charge on any atom is -0.507 e. The van der Waals surface area contributed by atoms with E-state index < -0.39 is 17.7 Å². The van der Waals surface area contributed by atoms with Gasteiger partial charge < -0.3 is 24.4 Å². The van der Waals surface area contributed by atoms with Crippen LogP contribution in [0.1, 0.15) is 23.6 Å². The Morgan fingerprint density at radius 3 is 2.50 bits per heavy atom. The number of ether oxygens (including phenoxy) is 2. The molecular formula is C26H29ClN2O5. The highest BCUT2D eigenvalue weighted by molar-refractivity contribution is 6.46. The van der Waals surface area contributed by atoms with Crippen LogP contribution in [0.4, 0.5) is 0 Å². The van der Waals surface area contributed by atoms with Crippen LogP contribution in [0, 0.1) is 0 Å². The summed E-state index contributed by atoms with van der Waals surface area (Å²) in [6.45, 7) is 5.04. The van der Waals surface area contributed by atoms with Crippen molar-refractivity contribution in [2.24, 2.45) is 0 Å². The van der Waals surface area contributed by atoms with Crippen LogP contribution in [0.3, 0.4) is 0 Å². The summed E-state index contributed by atoms with van der Waals surface area (Å²) in [6, 6.07) is 10.9. The molecule has 1 fully saturated rings. The molecule has 0 bridgehead atoms. The van der Waals surface area contributed by atoms with E-state index in [1.807, 2.05) is 19.0 Å². The van der Waals surface area contributed by atoms with Crippen LogP contribution in [0.25, 0.3) is 5.76 Å². The number of hydrogen-bond donors (Lipinski definition) is 1. The molecule has 0 aliphatic carbocycles. The number of nitrogens with zero attached hydrogens (tertiary/aromatic N) is 2. The summed E-state index contributed by atoms with van der Waals surface area (Å²) in [5.41, 5.74) is 1.06. The standard InChI is InChI=1S/C26H29ClN2O5/c1-5-15-34-20-12-9-18(16-21(20)33-4)23-22(24(30)17-7-10-19(27)11-8-17)25(31)26(32)29(23)14-6-13-28(2)3/h5,7-12,16,23,30H,1,6,13-15H2,2-4H3/b24-22-. The number of carbonyl (C=O) groups excluding carboxylic acids is 2. The van der Waals surface area contributed by atoms with E-state index in [0.29, 0.717) is 47.2 Å². The van der Waals surface area contributed by atoms with E-state index in [1.165, 1.54) is 12.0 Å². The van der Waals surface area contributed by atoms with Gasteiger partial charge in [-0.25, -0.2) is 0 Å². The van der Waals surface area contributed by atoms with Gasteiger partial charge >= 0.3 is 0 Å². The van der Waals surface area contributed by atoms with Gasteiger partial charge in [0.2, 0.25) is 0 Å². The number of methoxy groups -OCH3 is 1. The SMILES string of the molecule is C=CCOc1ccc(C2/C(=C(/O)c3ccc(Cl)cc3)C(=O)C(=O)N2CCCN(C)C)cc1OC. The van der Waals surface area contributed by atoms with Crippen LogP contribution in [0.2, 0.25) is 5.02 Å². The van der Waals surface area contributed by atoms with E-state index in [-0.39, 0.29) is 11.3 Å². The highest BCUT2D eigenvalue weighted by atomic mass is 35.5. The molecule has 1 aliphatic rings. The Morgan fingerprint density at radius 2 is 1.88 bits per heavy atom. The van der Waals surface area contributed by atoms with E-state index in [4.69, 9.17) is 21.1 Å². The Hall–Kier alpha value is -3.29. The molecule has 0 saturated carbocycles. The first-order chi connectivity index (χ1) is 16.3. The van der Waals surface area contributed by atoms with Gasteiger partial charge in [-0.05, 0) is 69.0 Å². The van der Waals surface area contributed by atoms with E-state index in [9.17, 15) is 14.7 Å². The zero-order valence-corrected chi connectivity index (χ0v) is 20.3. The highest BCUT2D eigenvalue weighted by Crippen LogP contribution is 2.42. The summed E-state index contributed by atoms with van der Waals surface area (Å²) in [4.78, 5) is 29.7. The predicted molar refractivity (Wildman–Crippen MR) is 132 cm³/mol. The molecule has 1 N–H and O–H groups in total. The maximum absolute atomic E-state index is 13.1. The second-order valence-corrected chi connectivity index (χ2v) is 8.60. The van der Waals surface area contributed by atoms with E-state index >= 15 is 0 Å². The first kappa shape index (κ1) is 25.3. The van der Waals surface area contributed by atoms with E-state index in [0.717, 1.165) is 6.54 Å². The second kappa shape index (κ2) is 11.2. The zero-order valence-electron chi connectivity index (χ0n) is 19.6. The molecule has 2 aromatic carbocycles. The van der Waals surface area contributed by atoms with Crippen molar-refractivity contribution in [3.8, 4) is 11.5 Å². The molecule has 1 heterocycles. The number of rotatable bonds is 10. The third kappa shape index (κ3) is 5.43. The summed E-state index contributed by atoms with van der Waals surface area (Å²) < 4.78 is 11.1. The Bertz CT molecular complexity index is 1090. The van der Waals surface area contributed by atoms with Gasteiger partial charge in [-0.3, -0.25) is 9.59 Å². The molecule has 7 nitrogen and oxygen atoms in total. The number of benzene rings is 2. The zero-order chi connectivity index (χ0) is 24.8. The van der Waals surface area contributed by atoms with Crippen molar-refractivity contribution in [1.82, 2.24) is 9.80 Å². The summed E-state index contributed by atoms with van der Waals surface area (Å²) in [6.07, 6.45) is 2.29. The number of Topliss-reactive ketones (excluding diaryl/α,β-unsaturated/α-hetero) is 1. The van der Waals surface area contributed by atoms with Crippen LogP contribution >= 0.6 is 11.6 Å². The van der Waals surface area contributed by atoms with E-state index in [1.54, 1.807) is 48.5 Å². The van der Waals surface area contributed by atoms with Crippen molar-refractivity contribution >= 4 is 29.1 Å². The Morgan fingerprint density at radius 1 is 1.18 bits per heavy atom. The van der Waals surface area contributed by atoms with Gasteiger partial charge in [-0.1, -0.05) is 30.3 Å². The van der Waals surface area contributed by atoms with Crippen LogP contribution in [-0.4, -0.2) is 67.5 Å². The Balaban J connectivity index is 2.11. The van der Waals surface area contributed by atoms with Crippen molar-refractivity contribution in [2.45, 2.75) is 12.5 Å². The van der Waals surface area contributed by atoms with Gasteiger partial charge in [-0.15, -0.1) is 0 Å². The first-order valence-corrected chi connectivity index (χ1v) is 11.3. The monoisotopic (exact) mass is 484 g/mol. The summed E-state index contributed by atoms with van der Waals surface area (Å²) in [7, 11) is 5.40. The summed E-state index contributed by atoms with van der Waals surface area (Å²) in [5.74, 6) is -0.669. The fourth-order valence-corrected chi connectivity index (χ4v) is 4.03. The number of likely N-dealkylation sites (tertiary alicyclic amines) is 1. The maximum atomic E-state index is 13.1. The lowest BCUT2D eigenvalue weighted by molar-refractivity contribution is -0.139. The third-order valence-electron chi connectivity index (χ3n) is 5.52. The molecule has 1 aliphatic heterocycles. The fraction of sp³-hybridized carbons (Fsp3) is 0.308. The Kier molecular flexibility index (Phi) is 8.36.